The van der Waals surface area contributed by atoms with E-state index < -0.39 is 0 Å². The van der Waals surface area contributed by atoms with Crippen LogP contribution >= 0.6 is 0 Å². The molecule has 0 saturated heterocycles. The standard InChI is InChI=1S/C13H8F2N2/c14-10-3-1-9(2-4-10)12-7-16-13-6-5-11(15)8-17(12)13/h1-8H. The van der Waals surface area contributed by atoms with Crippen LogP contribution in [0.1, 0.15) is 0 Å². The van der Waals surface area contributed by atoms with Crippen molar-refractivity contribution in [2.45, 2.75) is 0 Å². The summed E-state index contributed by atoms with van der Waals surface area (Å²) >= 11 is 0. The SMILES string of the molecule is Fc1ccc(-c2cnc3ccc(F)cn23)cc1. The van der Waals surface area contributed by atoms with Crippen LogP contribution < -0.4 is 0 Å². The quantitative estimate of drug-likeness (QED) is 0.627. The topological polar surface area (TPSA) is 17.3 Å². The average Bonchev–Trinajstić information content (AvgIpc) is 2.73. The second-order valence-electron chi connectivity index (χ2n) is 3.73. The van der Waals surface area contributed by atoms with Crippen molar-refractivity contribution in [3.05, 3.63) is 60.4 Å². The number of halogens is 2. The van der Waals surface area contributed by atoms with Gasteiger partial charge in [-0.05, 0) is 36.4 Å². The molecule has 0 atom stereocenters. The maximum atomic E-state index is 13.2. The summed E-state index contributed by atoms with van der Waals surface area (Å²) in [5.74, 6) is -0.632. The molecule has 3 rings (SSSR count). The second-order valence-corrected chi connectivity index (χ2v) is 3.73. The van der Waals surface area contributed by atoms with E-state index in [1.54, 1.807) is 28.8 Å². The molecular weight excluding hydrogens is 222 g/mol. The highest BCUT2D eigenvalue weighted by molar-refractivity contribution is 5.63. The molecule has 0 radical (unpaired) electrons. The molecule has 0 fully saturated rings. The second kappa shape index (κ2) is 3.66. The molecule has 0 bridgehead atoms. The van der Waals surface area contributed by atoms with Crippen molar-refractivity contribution in [3.8, 4) is 11.3 Å². The smallest absolute Gasteiger partial charge is 0.139 e. The summed E-state index contributed by atoms with van der Waals surface area (Å²) in [6.45, 7) is 0. The van der Waals surface area contributed by atoms with Gasteiger partial charge in [0.15, 0.2) is 0 Å². The van der Waals surface area contributed by atoms with Gasteiger partial charge in [0, 0.05) is 11.8 Å². The molecule has 2 heterocycles. The summed E-state index contributed by atoms with van der Waals surface area (Å²) in [7, 11) is 0. The molecule has 4 heteroatoms. The van der Waals surface area contributed by atoms with Crippen molar-refractivity contribution in [2.75, 3.05) is 0 Å². The van der Waals surface area contributed by atoms with Crippen LogP contribution in [0.3, 0.4) is 0 Å². The van der Waals surface area contributed by atoms with Crippen LogP contribution in [-0.2, 0) is 0 Å². The van der Waals surface area contributed by atoms with Crippen LogP contribution in [0.4, 0.5) is 8.78 Å². The lowest BCUT2D eigenvalue weighted by molar-refractivity contribution is 0.619. The highest BCUT2D eigenvalue weighted by Gasteiger charge is 2.06. The first-order chi connectivity index (χ1) is 8.24. The fourth-order valence-electron chi connectivity index (χ4n) is 1.79. The van der Waals surface area contributed by atoms with E-state index in [-0.39, 0.29) is 11.6 Å². The summed E-state index contributed by atoms with van der Waals surface area (Å²) in [6.07, 6.45) is 3.00. The Labute approximate surface area is 96.2 Å². The first-order valence-electron chi connectivity index (χ1n) is 5.12. The molecule has 3 aromatic rings. The van der Waals surface area contributed by atoms with Gasteiger partial charge in [-0.2, -0.15) is 0 Å². The van der Waals surface area contributed by atoms with Gasteiger partial charge in [-0.15, -0.1) is 0 Å². The molecule has 17 heavy (non-hydrogen) atoms. The van der Waals surface area contributed by atoms with E-state index in [1.807, 2.05) is 0 Å². The predicted molar refractivity (Wildman–Crippen MR) is 60.5 cm³/mol. The number of benzene rings is 1. The summed E-state index contributed by atoms with van der Waals surface area (Å²) < 4.78 is 27.6. The minimum absolute atomic E-state index is 0.297. The molecule has 0 saturated carbocycles. The maximum absolute atomic E-state index is 13.2. The van der Waals surface area contributed by atoms with Crippen molar-refractivity contribution < 1.29 is 8.78 Å². The molecule has 2 nitrogen and oxygen atoms in total. The molecule has 1 aromatic carbocycles. The van der Waals surface area contributed by atoms with Crippen molar-refractivity contribution in [3.63, 3.8) is 0 Å². The van der Waals surface area contributed by atoms with Gasteiger partial charge in [0.1, 0.15) is 17.3 Å². The van der Waals surface area contributed by atoms with Crippen LogP contribution in [0.2, 0.25) is 0 Å². The first-order valence-corrected chi connectivity index (χ1v) is 5.12. The van der Waals surface area contributed by atoms with E-state index in [0.717, 1.165) is 11.3 Å². The highest BCUT2D eigenvalue weighted by Crippen LogP contribution is 2.21. The Morgan fingerprint density at radius 2 is 1.59 bits per heavy atom. The molecule has 0 spiro atoms. The number of aromatic nitrogens is 2. The molecule has 0 N–H and O–H groups in total. The fraction of sp³-hybridized carbons (Fsp3) is 0. The zero-order valence-corrected chi connectivity index (χ0v) is 8.77. The highest BCUT2D eigenvalue weighted by atomic mass is 19.1. The zero-order valence-electron chi connectivity index (χ0n) is 8.77. The number of rotatable bonds is 1. The lowest BCUT2D eigenvalue weighted by atomic mass is 10.2. The number of hydrogen-bond acceptors (Lipinski definition) is 1. The van der Waals surface area contributed by atoms with Gasteiger partial charge in [-0.25, -0.2) is 13.8 Å². The van der Waals surface area contributed by atoms with Gasteiger partial charge in [-0.3, -0.25) is 4.40 Å². The van der Waals surface area contributed by atoms with Crippen LogP contribution in [0.5, 0.6) is 0 Å². The molecular formula is C13H8F2N2. The van der Waals surface area contributed by atoms with Crippen molar-refractivity contribution in [1.82, 2.24) is 9.38 Å². The largest absolute Gasteiger partial charge is 0.297 e. The van der Waals surface area contributed by atoms with E-state index in [2.05, 4.69) is 4.98 Å². The predicted octanol–water partition coefficient (Wildman–Crippen LogP) is 3.28. The lowest BCUT2D eigenvalue weighted by Gasteiger charge is -2.01. The van der Waals surface area contributed by atoms with Crippen LogP contribution in [-0.4, -0.2) is 9.38 Å². The number of pyridine rings is 1. The summed E-state index contributed by atoms with van der Waals surface area (Å²) in [4.78, 5) is 4.16. The normalized spacial score (nSPS) is 10.9. The van der Waals surface area contributed by atoms with Crippen molar-refractivity contribution >= 4 is 5.65 Å². The van der Waals surface area contributed by atoms with E-state index in [4.69, 9.17) is 0 Å². The fourth-order valence-corrected chi connectivity index (χ4v) is 1.79. The number of fused-ring (bicyclic) bond motifs is 1. The van der Waals surface area contributed by atoms with Gasteiger partial charge < -0.3 is 0 Å². The Morgan fingerprint density at radius 1 is 0.882 bits per heavy atom. The van der Waals surface area contributed by atoms with Gasteiger partial charge in [0.2, 0.25) is 0 Å². The number of imidazole rings is 1. The molecule has 0 aliphatic heterocycles. The van der Waals surface area contributed by atoms with E-state index >= 15 is 0 Å². The maximum Gasteiger partial charge on any atom is 0.139 e. The Bertz CT molecular complexity index is 671. The zero-order chi connectivity index (χ0) is 11.8. The Kier molecular flexibility index (Phi) is 2.14. The van der Waals surface area contributed by atoms with Crippen LogP contribution in [0.15, 0.2) is 48.8 Å². The molecule has 84 valence electrons. The average molecular weight is 230 g/mol. The Morgan fingerprint density at radius 3 is 2.35 bits per heavy atom. The Balaban J connectivity index is 2.23. The van der Waals surface area contributed by atoms with E-state index in [1.165, 1.54) is 24.4 Å². The summed E-state index contributed by atoms with van der Waals surface area (Å²) in [6, 6.07) is 8.98. The van der Waals surface area contributed by atoms with Gasteiger partial charge in [0.05, 0.1) is 11.9 Å². The van der Waals surface area contributed by atoms with E-state index in [0.29, 0.717) is 5.65 Å². The molecule has 0 aliphatic rings. The Hall–Kier alpha value is -2.23. The minimum Gasteiger partial charge on any atom is -0.297 e. The summed E-state index contributed by atoms with van der Waals surface area (Å²) in [5.41, 5.74) is 2.19. The van der Waals surface area contributed by atoms with Crippen molar-refractivity contribution in [2.24, 2.45) is 0 Å². The van der Waals surface area contributed by atoms with Gasteiger partial charge in [0.25, 0.3) is 0 Å². The molecule has 0 unspecified atom stereocenters. The van der Waals surface area contributed by atoms with E-state index in [9.17, 15) is 8.78 Å². The van der Waals surface area contributed by atoms with Gasteiger partial charge in [-0.1, -0.05) is 0 Å². The molecule has 2 aromatic heterocycles. The monoisotopic (exact) mass is 230 g/mol. The third-order valence-corrected chi connectivity index (χ3v) is 2.61. The molecule has 0 aliphatic carbocycles. The summed E-state index contributed by atoms with van der Waals surface area (Å²) in [5, 5.41) is 0. The number of hydrogen-bond donors (Lipinski definition) is 0. The van der Waals surface area contributed by atoms with Crippen LogP contribution in [0.25, 0.3) is 16.9 Å². The number of nitrogens with zero attached hydrogens (tertiary/aromatic N) is 2. The van der Waals surface area contributed by atoms with Crippen molar-refractivity contribution in [1.29, 1.82) is 0 Å². The third kappa shape index (κ3) is 1.67. The molecule has 0 amide bonds. The third-order valence-electron chi connectivity index (χ3n) is 2.61. The first kappa shape index (κ1) is 9.96. The lowest BCUT2D eigenvalue weighted by Crippen LogP contribution is -1.89. The minimum atomic E-state index is -0.334. The van der Waals surface area contributed by atoms with Gasteiger partial charge >= 0.3 is 0 Å². The van der Waals surface area contributed by atoms with Crippen LogP contribution in [0, 0.1) is 11.6 Å².